The van der Waals surface area contributed by atoms with Crippen LogP contribution in [-0.4, -0.2) is 55.4 Å². The van der Waals surface area contributed by atoms with Crippen LogP contribution in [0, 0.1) is 0 Å². The largest absolute Gasteiger partial charge is 0.474 e. The summed E-state index contributed by atoms with van der Waals surface area (Å²) in [6, 6.07) is 2.78. The molecule has 44 heavy (non-hydrogen) atoms. The maximum atomic E-state index is 12.9. The molecule has 2 aromatic heterocycles. The van der Waals surface area contributed by atoms with E-state index in [1.807, 2.05) is 13.8 Å². The number of hydrogen-bond acceptors (Lipinski definition) is 9. The summed E-state index contributed by atoms with van der Waals surface area (Å²) < 4.78 is 88.4. The minimum Gasteiger partial charge on any atom is -0.474 e. The predicted octanol–water partition coefficient (Wildman–Crippen LogP) is 6.38. The lowest BCUT2D eigenvalue weighted by atomic mass is 9.96. The molecule has 0 saturated heterocycles. The lowest BCUT2D eigenvalue weighted by Gasteiger charge is -2.22. The van der Waals surface area contributed by atoms with Crippen molar-refractivity contribution in [1.29, 1.82) is 0 Å². The third-order valence-electron chi connectivity index (χ3n) is 7.40. The van der Waals surface area contributed by atoms with Crippen molar-refractivity contribution >= 4 is 11.6 Å². The topological polar surface area (TPSA) is 124 Å². The molecule has 2 saturated carbocycles. The number of nitrogens with zero attached hydrogens (tertiary/aromatic N) is 4. The molecule has 244 valence electrons. The fourth-order valence-corrected chi connectivity index (χ4v) is 4.47. The smallest absolute Gasteiger partial charge is 0.451 e. The number of aromatic nitrogens is 4. The molecule has 15 heteroatoms. The van der Waals surface area contributed by atoms with Crippen molar-refractivity contribution in [3.05, 3.63) is 35.2 Å². The highest BCUT2D eigenvalue weighted by Gasteiger charge is 2.37. The molecule has 9 nitrogen and oxygen atoms in total. The third kappa shape index (κ3) is 10.4. The summed E-state index contributed by atoms with van der Waals surface area (Å²) >= 11 is 0. The van der Waals surface area contributed by atoms with Gasteiger partial charge in [-0.05, 0) is 38.0 Å². The Morgan fingerprint density at radius 2 is 1.09 bits per heavy atom. The molecule has 0 bridgehead atoms. The summed E-state index contributed by atoms with van der Waals surface area (Å²) in [6.07, 6.45) is -5.72. The number of rotatable bonds is 8. The van der Waals surface area contributed by atoms with E-state index in [0.717, 1.165) is 0 Å². The average molecular weight is 635 g/mol. The normalized spacial score (nSPS) is 18.3. The molecule has 0 spiro atoms. The number of carbonyl (C=O) groups excluding carboxylic acids is 2. The van der Waals surface area contributed by atoms with Gasteiger partial charge in [0, 0.05) is 43.7 Å². The highest BCUT2D eigenvalue weighted by Crippen LogP contribution is 2.32. The van der Waals surface area contributed by atoms with Crippen molar-refractivity contribution in [2.75, 3.05) is 6.61 Å². The van der Waals surface area contributed by atoms with Gasteiger partial charge in [-0.2, -0.15) is 36.3 Å². The van der Waals surface area contributed by atoms with Crippen molar-refractivity contribution in [3.63, 3.8) is 0 Å². The Bertz CT molecular complexity index is 1170. The van der Waals surface area contributed by atoms with Crippen LogP contribution in [0.25, 0.3) is 0 Å². The van der Waals surface area contributed by atoms with Crippen molar-refractivity contribution in [3.8, 4) is 11.8 Å². The molecule has 1 N–H and O–H groups in total. The van der Waals surface area contributed by atoms with E-state index in [1.54, 1.807) is 6.92 Å². The number of Topliss-reactive ketones (excluding diaryl/α,β-unsaturated/α-hetero) is 2. The van der Waals surface area contributed by atoms with Gasteiger partial charge in [0.2, 0.25) is 23.4 Å². The molecule has 0 unspecified atom stereocenters. The minimum absolute atomic E-state index is 0.0584. The predicted molar refractivity (Wildman–Crippen MR) is 144 cm³/mol. The fraction of sp³-hybridized carbons (Fsp3) is 0.655. The van der Waals surface area contributed by atoms with Gasteiger partial charge in [-0.15, -0.1) is 0 Å². The van der Waals surface area contributed by atoms with Crippen LogP contribution in [-0.2, 0) is 21.9 Å². The molecule has 0 aliphatic heterocycles. The number of hydrogen-bond donors (Lipinski definition) is 1. The number of carbonyl (C=O) groups is 2. The minimum atomic E-state index is -4.69. The zero-order chi connectivity index (χ0) is 32.7. The number of ketones is 2. The average Bonchev–Trinajstić information content (AvgIpc) is 2.98. The highest BCUT2D eigenvalue weighted by atomic mass is 19.4. The number of aliphatic hydroxyl groups is 1. The Kier molecular flexibility index (Phi) is 12.0. The number of aliphatic hydroxyl groups excluding tert-OH is 1. The summed E-state index contributed by atoms with van der Waals surface area (Å²) in [7, 11) is 0. The number of alkyl halides is 6. The molecule has 2 aliphatic carbocycles. The molecule has 2 aliphatic rings. The van der Waals surface area contributed by atoms with Crippen LogP contribution in [0.2, 0.25) is 0 Å². The molecular formula is C29H36F6N4O5. The Hall–Kier alpha value is -3.36. The lowest BCUT2D eigenvalue weighted by Crippen LogP contribution is -2.25. The molecule has 2 heterocycles. The van der Waals surface area contributed by atoms with E-state index in [1.165, 1.54) is 12.1 Å². The summed E-state index contributed by atoms with van der Waals surface area (Å²) in [4.78, 5) is 36.3. The monoisotopic (exact) mass is 634 g/mol. The maximum absolute atomic E-state index is 12.9. The second kappa shape index (κ2) is 15.1. The zero-order valence-electron chi connectivity index (χ0n) is 24.7. The molecule has 0 radical (unpaired) electrons. The molecule has 4 rings (SSSR count). The summed E-state index contributed by atoms with van der Waals surface area (Å²) in [6.45, 7) is 4.93. The van der Waals surface area contributed by atoms with Gasteiger partial charge in [0.25, 0.3) is 0 Å². The van der Waals surface area contributed by atoms with Crippen LogP contribution in [0.3, 0.4) is 0 Å². The Morgan fingerprint density at radius 3 is 1.41 bits per heavy atom. The first kappa shape index (κ1) is 35.1. The first-order valence-electron chi connectivity index (χ1n) is 14.5. The van der Waals surface area contributed by atoms with Crippen molar-refractivity contribution < 1.29 is 50.5 Å². The van der Waals surface area contributed by atoms with Gasteiger partial charge in [-0.25, -0.2) is 9.97 Å². The SMILES string of the molecule is CC[C@@H](C)c1cc(OC2CCC(=O)CC2)nc(C(F)(F)F)n1.C[C@@H](CO)c1cc(OC2CCC(=O)CC2)nc(C(F)(F)F)n1. The van der Waals surface area contributed by atoms with E-state index >= 15 is 0 Å². The zero-order valence-corrected chi connectivity index (χ0v) is 24.7. The van der Waals surface area contributed by atoms with Crippen molar-refractivity contribution in [2.45, 2.75) is 115 Å². The molecule has 2 atom stereocenters. The van der Waals surface area contributed by atoms with Crippen molar-refractivity contribution in [2.24, 2.45) is 0 Å². The van der Waals surface area contributed by atoms with Gasteiger partial charge in [0.1, 0.15) is 23.8 Å². The Labute approximate surface area is 250 Å². The second-order valence-corrected chi connectivity index (χ2v) is 11.0. The van der Waals surface area contributed by atoms with Crippen LogP contribution < -0.4 is 9.47 Å². The van der Waals surface area contributed by atoms with Gasteiger partial charge < -0.3 is 14.6 Å². The van der Waals surface area contributed by atoms with Gasteiger partial charge in [-0.1, -0.05) is 20.8 Å². The Balaban J connectivity index is 0.000000240. The van der Waals surface area contributed by atoms with E-state index in [2.05, 4.69) is 19.9 Å². The van der Waals surface area contributed by atoms with Crippen molar-refractivity contribution in [1.82, 2.24) is 19.9 Å². The summed E-state index contributed by atoms with van der Waals surface area (Å²) in [5.74, 6) is -3.06. The van der Waals surface area contributed by atoms with E-state index in [9.17, 15) is 35.9 Å². The molecule has 2 aromatic rings. The highest BCUT2D eigenvalue weighted by molar-refractivity contribution is 5.79. The van der Waals surface area contributed by atoms with Crippen LogP contribution in [0.5, 0.6) is 11.8 Å². The number of halogens is 6. The molecular weight excluding hydrogens is 598 g/mol. The van der Waals surface area contributed by atoms with Gasteiger partial charge >= 0.3 is 12.4 Å². The standard InChI is InChI=1S/C15H19F3N2O2.C14H17F3N2O3/c1-3-9(2)12-8-13(20-14(19-12)15(16,17)18)22-11-6-4-10(21)5-7-11;1-8(7-20)11-6-12(19-13(18-11)14(15,16)17)22-10-4-2-9(21)3-5-10/h8-9,11H,3-7H2,1-2H3;6,8,10,20H,2-5,7H2,1H3/t9-;8-/m10/s1. The van der Waals surface area contributed by atoms with E-state index in [-0.39, 0.29) is 53.8 Å². The van der Waals surface area contributed by atoms with E-state index in [4.69, 9.17) is 14.6 Å². The quantitative estimate of drug-likeness (QED) is 0.329. The van der Waals surface area contributed by atoms with Crippen LogP contribution in [0.1, 0.15) is 113 Å². The van der Waals surface area contributed by atoms with E-state index < -0.39 is 29.9 Å². The summed E-state index contributed by atoms with van der Waals surface area (Å²) in [5.41, 5.74) is 0.401. The van der Waals surface area contributed by atoms with Gasteiger partial charge in [0.05, 0.1) is 18.0 Å². The third-order valence-corrected chi connectivity index (χ3v) is 7.40. The van der Waals surface area contributed by atoms with Gasteiger partial charge in [-0.3, -0.25) is 9.59 Å². The second-order valence-electron chi connectivity index (χ2n) is 11.0. The molecule has 2 fully saturated rings. The number of ether oxygens (including phenoxy) is 2. The van der Waals surface area contributed by atoms with Crippen LogP contribution >= 0.6 is 0 Å². The fourth-order valence-electron chi connectivity index (χ4n) is 4.47. The molecule has 0 aromatic carbocycles. The summed E-state index contributed by atoms with van der Waals surface area (Å²) in [5, 5.41) is 9.10. The first-order chi connectivity index (χ1) is 20.6. The molecule has 0 amide bonds. The van der Waals surface area contributed by atoms with Gasteiger partial charge in [0.15, 0.2) is 0 Å². The maximum Gasteiger partial charge on any atom is 0.451 e. The van der Waals surface area contributed by atoms with Crippen LogP contribution in [0.15, 0.2) is 12.1 Å². The lowest BCUT2D eigenvalue weighted by molar-refractivity contribution is -0.146. The van der Waals surface area contributed by atoms with E-state index in [0.29, 0.717) is 63.5 Å². The Morgan fingerprint density at radius 1 is 0.727 bits per heavy atom. The first-order valence-corrected chi connectivity index (χ1v) is 14.5. The van der Waals surface area contributed by atoms with Crippen LogP contribution in [0.4, 0.5) is 26.3 Å².